The molecule has 0 bridgehead atoms. The molecule has 0 aromatic heterocycles. The molecule has 0 aliphatic carbocycles. The molecule has 0 atom stereocenters. The Bertz CT molecular complexity index is 1200. The number of para-hydroxylation sites is 2. The van der Waals surface area contributed by atoms with Gasteiger partial charge in [0.1, 0.15) is 0 Å². The summed E-state index contributed by atoms with van der Waals surface area (Å²) in [6.45, 7) is -0.374. The fourth-order valence-electron chi connectivity index (χ4n) is 4.33. The van der Waals surface area contributed by atoms with Gasteiger partial charge >= 0.3 is 13.0 Å². The van der Waals surface area contributed by atoms with Gasteiger partial charge in [-0.15, -0.1) is 0 Å². The number of hydrogen-bond acceptors (Lipinski definition) is 1. The lowest BCUT2D eigenvalue weighted by atomic mass is 9.45. The molecule has 146 valence electrons. The van der Waals surface area contributed by atoms with Crippen molar-refractivity contribution in [2.24, 2.45) is 0 Å². The Morgan fingerprint density at radius 2 is 1.13 bits per heavy atom. The molecule has 0 fully saturated rings. The Morgan fingerprint density at radius 3 is 1.87 bits per heavy atom. The Labute approximate surface area is 173 Å². The number of hydrogen-bond donors (Lipinski definition) is 0. The normalized spacial score (nSPS) is 13.0. The zero-order valence-electron chi connectivity index (χ0n) is 16.0. The molecule has 0 N–H and O–H groups in total. The van der Waals surface area contributed by atoms with Gasteiger partial charge in [0.2, 0.25) is 0 Å². The van der Waals surface area contributed by atoms with Gasteiger partial charge in [0.05, 0.1) is 5.56 Å². The van der Waals surface area contributed by atoms with Crippen molar-refractivity contribution >= 4 is 29.1 Å². The number of anilines is 2. The van der Waals surface area contributed by atoms with Crippen molar-refractivity contribution in [2.45, 2.75) is 6.18 Å². The van der Waals surface area contributed by atoms with Crippen molar-refractivity contribution in [2.75, 3.05) is 4.81 Å². The fourth-order valence-corrected chi connectivity index (χ4v) is 4.33. The minimum atomic E-state index is -4.45. The molecule has 0 amide bonds. The Balaban J connectivity index is 1.85. The molecule has 0 saturated carbocycles. The van der Waals surface area contributed by atoms with Crippen LogP contribution in [0.2, 0.25) is 0 Å². The topological polar surface area (TPSA) is 3.24 Å². The SMILES string of the molecule is FC(F)(F)c1ccccc1N1B(c2ccccc2)c2ccccc2-c2ccccc21. The number of halogens is 3. The van der Waals surface area contributed by atoms with Crippen LogP contribution in [-0.2, 0) is 6.18 Å². The minimum absolute atomic E-state index is 0.154. The summed E-state index contributed by atoms with van der Waals surface area (Å²) >= 11 is 0. The Kier molecular flexibility index (Phi) is 4.39. The zero-order chi connectivity index (χ0) is 20.7. The van der Waals surface area contributed by atoms with Crippen LogP contribution < -0.4 is 15.7 Å². The third-order valence-corrected chi connectivity index (χ3v) is 5.55. The second-order valence-corrected chi connectivity index (χ2v) is 7.30. The first-order valence-electron chi connectivity index (χ1n) is 9.74. The van der Waals surface area contributed by atoms with E-state index in [1.165, 1.54) is 6.07 Å². The van der Waals surface area contributed by atoms with E-state index in [0.29, 0.717) is 0 Å². The maximum absolute atomic E-state index is 14.0. The van der Waals surface area contributed by atoms with E-state index in [2.05, 4.69) is 0 Å². The van der Waals surface area contributed by atoms with Crippen LogP contribution in [0.15, 0.2) is 103 Å². The fraction of sp³-hybridized carbons (Fsp3) is 0.0400. The molecule has 5 heteroatoms. The van der Waals surface area contributed by atoms with E-state index < -0.39 is 11.7 Å². The molecule has 0 unspecified atom stereocenters. The van der Waals surface area contributed by atoms with E-state index in [0.717, 1.165) is 33.8 Å². The van der Waals surface area contributed by atoms with Crippen LogP contribution in [-0.4, -0.2) is 6.85 Å². The second-order valence-electron chi connectivity index (χ2n) is 7.30. The zero-order valence-corrected chi connectivity index (χ0v) is 16.0. The largest absolute Gasteiger partial charge is 0.418 e. The lowest BCUT2D eigenvalue weighted by molar-refractivity contribution is -0.137. The highest BCUT2D eigenvalue weighted by Gasteiger charge is 2.41. The molecule has 1 aliphatic rings. The van der Waals surface area contributed by atoms with Crippen LogP contribution in [0.3, 0.4) is 0 Å². The number of fused-ring (bicyclic) bond motifs is 3. The van der Waals surface area contributed by atoms with Gasteiger partial charge in [-0.2, -0.15) is 13.2 Å². The van der Waals surface area contributed by atoms with Gasteiger partial charge in [0.15, 0.2) is 0 Å². The van der Waals surface area contributed by atoms with Crippen LogP contribution in [0.4, 0.5) is 24.5 Å². The smallest absolute Gasteiger partial charge is 0.376 e. The molecule has 1 heterocycles. The van der Waals surface area contributed by atoms with E-state index in [1.807, 2.05) is 83.7 Å². The summed E-state index contributed by atoms with van der Waals surface area (Å²) in [5.74, 6) is 0. The highest BCUT2D eigenvalue weighted by Crippen LogP contribution is 2.44. The summed E-state index contributed by atoms with van der Waals surface area (Å²) in [7, 11) is 0. The Morgan fingerprint density at radius 1 is 0.567 bits per heavy atom. The maximum atomic E-state index is 14.0. The molecular weight excluding hydrogens is 382 g/mol. The molecule has 5 rings (SSSR count). The number of alkyl halides is 3. The molecule has 0 radical (unpaired) electrons. The van der Waals surface area contributed by atoms with Crippen LogP contribution in [0.5, 0.6) is 0 Å². The Hall–Kier alpha value is -3.47. The monoisotopic (exact) mass is 399 g/mol. The summed E-state index contributed by atoms with van der Waals surface area (Å²) in [4.78, 5) is 1.83. The molecule has 1 aliphatic heterocycles. The molecule has 1 nitrogen and oxygen atoms in total. The predicted molar refractivity (Wildman–Crippen MR) is 117 cm³/mol. The van der Waals surface area contributed by atoms with Crippen molar-refractivity contribution in [3.63, 3.8) is 0 Å². The van der Waals surface area contributed by atoms with Gasteiger partial charge < -0.3 is 4.81 Å². The number of nitrogens with zero attached hydrogens (tertiary/aromatic N) is 1. The summed E-state index contributed by atoms with van der Waals surface area (Å²) < 4.78 is 41.9. The molecule has 0 spiro atoms. The van der Waals surface area contributed by atoms with E-state index in [9.17, 15) is 13.2 Å². The van der Waals surface area contributed by atoms with Crippen molar-refractivity contribution in [3.8, 4) is 11.1 Å². The number of benzene rings is 4. The summed E-state index contributed by atoms with van der Waals surface area (Å²) in [6, 6.07) is 31.1. The van der Waals surface area contributed by atoms with Gasteiger partial charge in [0.25, 0.3) is 0 Å². The van der Waals surface area contributed by atoms with E-state index in [1.54, 1.807) is 12.1 Å². The maximum Gasteiger partial charge on any atom is 0.418 e. The summed E-state index contributed by atoms with van der Waals surface area (Å²) in [5, 5.41) is 0. The first kappa shape index (κ1) is 18.6. The summed E-state index contributed by atoms with van der Waals surface area (Å²) in [5.41, 5.74) is 4.18. The molecule has 30 heavy (non-hydrogen) atoms. The minimum Gasteiger partial charge on any atom is -0.376 e. The molecule has 4 aromatic carbocycles. The molecule has 4 aromatic rings. The lowest BCUT2D eigenvalue weighted by Gasteiger charge is -2.39. The van der Waals surface area contributed by atoms with Crippen LogP contribution >= 0.6 is 0 Å². The standard InChI is InChI=1S/C25H17BF3N/c27-25(28,29)21-14-6-9-17-24(21)30-23-16-8-5-13-20(23)19-12-4-7-15-22(19)26(30)18-10-2-1-3-11-18/h1-17H. The third-order valence-electron chi connectivity index (χ3n) is 5.55. The summed E-state index contributed by atoms with van der Waals surface area (Å²) in [6.07, 6.45) is -4.45. The second kappa shape index (κ2) is 7.10. The molecular formula is C25H17BF3N. The van der Waals surface area contributed by atoms with E-state index in [-0.39, 0.29) is 12.5 Å². The quantitative estimate of drug-likeness (QED) is 0.395. The van der Waals surface area contributed by atoms with Crippen molar-refractivity contribution < 1.29 is 13.2 Å². The molecule has 0 saturated heterocycles. The van der Waals surface area contributed by atoms with Gasteiger partial charge in [-0.25, -0.2) is 0 Å². The van der Waals surface area contributed by atoms with E-state index in [4.69, 9.17) is 0 Å². The van der Waals surface area contributed by atoms with Crippen LogP contribution in [0.1, 0.15) is 5.56 Å². The first-order chi connectivity index (χ1) is 14.6. The predicted octanol–water partition coefficient (Wildman–Crippen LogP) is 5.63. The average Bonchev–Trinajstić information content (AvgIpc) is 2.78. The number of rotatable bonds is 2. The lowest BCUT2D eigenvalue weighted by Crippen LogP contribution is -2.57. The van der Waals surface area contributed by atoms with Gasteiger partial charge in [-0.05, 0) is 29.2 Å². The first-order valence-corrected chi connectivity index (χ1v) is 9.74. The van der Waals surface area contributed by atoms with Crippen LogP contribution in [0, 0.1) is 0 Å². The van der Waals surface area contributed by atoms with Gasteiger partial charge in [-0.3, -0.25) is 0 Å². The van der Waals surface area contributed by atoms with Crippen molar-refractivity contribution in [3.05, 3.63) is 109 Å². The highest BCUT2D eigenvalue weighted by atomic mass is 19.4. The van der Waals surface area contributed by atoms with Crippen molar-refractivity contribution in [1.82, 2.24) is 0 Å². The van der Waals surface area contributed by atoms with Crippen LogP contribution in [0.25, 0.3) is 11.1 Å². The highest BCUT2D eigenvalue weighted by molar-refractivity contribution is 6.90. The van der Waals surface area contributed by atoms with Gasteiger partial charge in [-0.1, -0.05) is 90.4 Å². The average molecular weight is 399 g/mol. The van der Waals surface area contributed by atoms with Crippen molar-refractivity contribution in [1.29, 1.82) is 0 Å². The van der Waals surface area contributed by atoms with Gasteiger partial charge in [0, 0.05) is 16.9 Å². The third kappa shape index (κ3) is 2.98. The van der Waals surface area contributed by atoms with E-state index >= 15 is 0 Å².